The maximum Gasteiger partial charge on any atom is 0.316 e. The van der Waals surface area contributed by atoms with Crippen molar-refractivity contribution >= 4 is 6.03 Å². The van der Waals surface area contributed by atoms with Gasteiger partial charge in [-0.3, -0.25) is 4.90 Å². The number of nitrogens with one attached hydrogen (secondary N) is 2. The quantitative estimate of drug-likeness (QED) is 0.519. The van der Waals surface area contributed by atoms with Crippen molar-refractivity contribution in [1.29, 1.82) is 0 Å². The number of rotatable bonds is 2. The standard InChI is InChI=1S/C6H11N3O/c1-2-3-9-4-7-6(10)8-5-9/h2H,1,3-5H2,(H2,7,8,10). The molecule has 2 amide bonds. The zero-order valence-electron chi connectivity index (χ0n) is 5.76. The molecule has 56 valence electrons. The maximum absolute atomic E-state index is 10.5. The van der Waals surface area contributed by atoms with E-state index in [4.69, 9.17) is 0 Å². The summed E-state index contributed by atoms with van der Waals surface area (Å²) in [7, 11) is 0. The van der Waals surface area contributed by atoms with Crippen molar-refractivity contribution in [2.24, 2.45) is 0 Å². The zero-order valence-corrected chi connectivity index (χ0v) is 5.76. The van der Waals surface area contributed by atoms with Crippen LogP contribution >= 0.6 is 0 Å². The number of amides is 2. The molecule has 0 spiro atoms. The first-order valence-electron chi connectivity index (χ1n) is 3.18. The summed E-state index contributed by atoms with van der Waals surface area (Å²) in [5, 5.41) is 5.29. The van der Waals surface area contributed by atoms with Crippen molar-refractivity contribution in [3.8, 4) is 0 Å². The van der Waals surface area contributed by atoms with Gasteiger partial charge in [0.05, 0.1) is 13.3 Å². The summed E-state index contributed by atoms with van der Waals surface area (Å²) in [5.41, 5.74) is 0. The highest BCUT2D eigenvalue weighted by Crippen LogP contribution is 1.87. The largest absolute Gasteiger partial charge is 0.325 e. The van der Waals surface area contributed by atoms with E-state index < -0.39 is 0 Å². The fourth-order valence-corrected chi connectivity index (χ4v) is 0.797. The van der Waals surface area contributed by atoms with Crippen molar-refractivity contribution in [3.05, 3.63) is 12.7 Å². The molecule has 4 heteroatoms. The summed E-state index contributed by atoms with van der Waals surface area (Å²) in [5.74, 6) is 0. The molecule has 4 nitrogen and oxygen atoms in total. The summed E-state index contributed by atoms with van der Waals surface area (Å²) < 4.78 is 0. The van der Waals surface area contributed by atoms with Crippen LogP contribution in [-0.4, -0.2) is 30.8 Å². The highest BCUT2D eigenvalue weighted by Gasteiger charge is 2.11. The van der Waals surface area contributed by atoms with Crippen LogP contribution in [0.2, 0.25) is 0 Å². The zero-order chi connectivity index (χ0) is 7.40. The monoisotopic (exact) mass is 141 g/mol. The Morgan fingerprint density at radius 1 is 1.60 bits per heavy atom. The third-order valence-electron chi connectivity index (χ3n) is 1.31. The molecular weight excluding hydrogens is 130 g/mol. The number of nitrogens with zero attached hydrogens (tertiary/aromatic N) is 1. The van der Waals surface area contributed by atoms with Crippen molar-refractivity contribution in [1.82, 2.24) is 15.5 Å². The number of urea groups is 1. The highest BCUT2D eigenvalue weighted by atomic mass is 16.2. The number of hydrogen-bond donors (Lipinski definition) is 2. The van der Waals surface area contributed by atoms with E-state index >= 15 is 0 Å². The summed E-state index contributed by atoms with van der Waals surface area (Å²) in [4.78, 5) is 12.6. The Balaban J connectivity index is 2.25. The minimum Gasteiger partial charge on any atom is -0.325 e. The second-order valence-electron chi connectivity index (χ2n) is 2.14. The molecule has 0 saturated carbocycles. The fraction of sp³-hybridized carbons (Fsp3) is 0.500. The minimum absolute atomic E-state index is 0.0969. The van der Waals surface area contributed by atoms with Gasteiger partial charge in [0.15, 0.2) is 0 Å². The molecule has 1 rings (SSSR count). The van der Waals surface area contributed by atoms with Crippen LogP contribution in [0.1, 0.15) is 0 Å². The molecule has 10 heavy (non-hydrogen) atoms. The van der Waals surface area contributed by atoms with E-state index in [-0.39, 0.29) is 6.03 Å². The molecule has 0 aromatic carbocycles. The summed E-state index contributed by atoms with van der Waals surface area (Å²) in [6, 6.07) is -0.0969. The Labute approximate surface area is 59.9 Å². The van der Waals surface area contributed by atoms with Crippen LogP contribution in [0.15, 0.2) is 12.7 Å². The topological polar surface area (TPSA) is 44.4 Å². The van der Waals surface area contributed by atoms with Gasteiger partial charge in [-0.1, -0.05) is 6.08 Å². The normalized spacial score (nSPS) is 19.4. The van der Waals surface area contributed by atoms with Crippen LogP contribution in [0.3, 0.4) is 0 Å². The van der Waals surface area contributed by atoms with Gasteiger partial charge in [0, 0.05) is 6.54 Å². The molecule has 0 radical (unpaired) electrons. The first-order valence-corrected chi connectivity index (χ1v) is 3.18. The molecule has 0 bridgehead atoms. The average molecular weight is 141 g/mol. The van der Waals surface area contributed by atoms with Crippen molar-refractivity contribution in [2.75, 3.05) is 19.9 Å². The predicted molar refractivity (Wildman–Crippen MR) is 38.3 cm³/mol. The molecular formula is C6H11N3O. The van der Waals surface area contributed by atoms with E-state index in [0.29, 0.717) is 13.3 Å². The lowest BCUT2D eigenvalue weighted by Gasteiger charge is -2.26. The second kappa shape index (κ2) is 3.22. The van der Waals surface area contributed by atoms with E-state index in [1.165, 1.54) is 0 Å². The van der Waals surface area contributed by atoms with E-state index in [1.54, 1.807) is 6.08 Å². The Bertz CT molecular complexity index is 136. The summed E-state index contributed by atoms with van der Waals surface area (Å²) in [6.07, 6.45) is 1.80. The van der Waals surface area contributed by atoms with Gasteiger partial charge in [-0.25, -0.2) is 4.79 Å². The SMILES string of the molecule is C=CCN1CNC(=O)NC1. The van der Waals surface area contributed by atoms with Gasteiger partial charge >= 0.3 is 6.03 Å². The molecule has 0 aromatic heterocycles. The first-order chi connectivity index (χ1) is 4.83. The van der Waals surface area contributed by atoms with Crippen LogP contribution in [0, 0.1) is 0 Å². The first kappa shape index (κ1) is 7.08. The molecule has 1 saturated heterocycles. The summed E-state index contributed by atoms with van der Waals surface area (Å²) >= 11 is 0. The van der Waals surface area contributed by atoms with E-state index in [2.05, 4.69) is 17.2 Å². The van der Waals surface area contributed by atoms with Crippen LogP contribution < -0.4 is 10.6 Å². The Hall–Kier alpha value is -1.03. The van der Waals surface area contributed by atoms with E-state index in [1.807, 2.05) is 4.90 Å². The molecule has 1 heterocycles. The lowest BCUT2D eigenvalue weighted by molar-refractivity contribution is 0.192. The van der Waals surface area contributed by atoms with Gasteiger partial charge in [0.2, 0.25) is 0 Å². The molecule has 1 aliphatic rings. The Morgan fingerprint density at radius 2 is 2.20 bits per heavy atom. The molecule has 1 fully saturated rings. The third-order valence-corrected chi connectivity index (χ3v) is 1.31. The number of carbonyl (C=O) groups is 1. The van der Waals surface area contributed by atoms with Crippen LogP contribution in [0.4, 0.5) is 4.79 Å². The van der Waals surface area contributed by atoms with Crippen molar-refractivity contribution < 1.29 is 4.79 Å². The Kier molecular flexibility index (Phi) is 2.28. The molecule has 0 unspecified atom stereocenters. The van der Waals surface area contributed by atoms with E-state index in [0.717, 1.165) is 6.54 Å². The van der Waals surface area contributed by atoms with Crippen molar-refractivity contribution in [2.45, 2.75) is 0 Å². The average Bonchev–Trinajstić information content (AvgIpc) is 1.95. The van der Waals surface area contributed by atoms with Gasteiger partial charge in [0.25, 0.3) is 0 Å². The van der Waals surface area contributed by atoms with Crippen LogP contribution in [0.5, 0.6) is 0 Å². The van der Waals surface area contributed by atoms with E-state index in [9.17, 15) is 4.79 Å². The van der Waals surface area contributed by atoms with Crippen LogP contribution in [-0.2, 0) is 0 Å². The van der Waals surface area contributed by atoms with Gasteiger partial charge in [-0.2, -0.15) is 0 Å². The second-order valence-corrected chi connectivity index (χ2v) is 2.14. The lowest BCUT2D eigenvalue weighted by Crippen LogP contribution is -2.53. The predicted octanol–water partition coefficient (Wildman–Crippen LogP) is -0.298. The van der Waals surface area contributed by atoms with Gasteiger partial charge in [-0.05, 0) is 0 Å². The lowest BCUT2D eigenvalue weighted by atomic mass is 10.5. The van der Waals surface area contributed by atoms with Gasteiger partial charge < -0.3 is 10.6 Å². The fourth-order valence-electron chi connectivity index (χ4n) is 0.797. The highest BCUT2D eigenvalue weighted by molar-refractivity contribution is 5.74. The molecule has 2 N–H and O–H groups in total. The number of carbonyl (C=O) groups excluding carboxylic acids is 1. The third kappa shape index (κ3) is 1.73. The van der Waals surface area contributed by atoms with Gasteiger partial charge in [-0.15, -0.1) is 6.58 Å². The molecule has 0 atom stereocenters. The van der Waals surface area contributed by atoms with Gasteiger partial charge in [0.1, 0.15) is 0 Å². The van der Waals surface area contributed by atoms with Crippen LogP contribution in [0.25, 0.3) is 0 Å². The number of hydrogen-bond acceptors (Lipinski definition) is 2. The maximum atomic E-state index is 10.5. The Morgan fingerprint density at radius 3 is 2.70 bits per heavy atom. The molecule has 0 aliphatic carbocycles. The molecule has 1 aliphatic heterocycles. The molecule has 0 aromatic rings. The summed E-state index contributed by atoms with van der Waals surface area (Å²) in [6.45, 7) is 5.61. The van der Waals surface area contributed by atoms with Crippen molar-refractivity contribution in [3.63, 3.8) is 0 Å². The minimum atomic E-state index is -0.0969. The smallest absolute Gasteiger partial charge is 0.316 e.